The van der Waals surface area contributed by atoms with Crippen LogP contribution in [0.5, 0.6) is 0 Å². The second-order valence-electron chi connectivity index (χ2n) is 14.4. The van der Waals surface area contributed by atoms with Crippen LogP contribution in [0.1, 0.15) is 145 Å². The highest BCUT2D eigenvalue weighted by Crippen LogP contribution is 2.54. The molecule has 0 bridgehead atoms. The van der Waals surface area contributed by atoms with Gasteiger partial charge in [0, 0.05) is 36.5 Å². The Balaban J connectivity index is 1.99. The summed E-state index contributed by atoms with van der Waals surface area (Å²) in [5, 5.41) is 11.1. The predicted octanol–water partition coefficient (Wildman–Crippen LogP) is 7.05. The smallest absolute Gasteiger partial charge is 0.257 e. The molecule has 5 nitrogen and oxygen atoms in total. The van der Waals surface area contributed by atoms with E-state index in [-0.39, 0.29) is 17.0 Å². The first-order valence-corrected chi connectivity index (χ1v) is 15.2. The highest BCUT2D eigenvalue weighted by atomic mass is 16.6. The second kappa shape index (κ2) is 11.6. The minimum atomic E-state index is -0.812. The van der Waals surface area contributed by atoms with Crippen molar-refractivity contribution < 1.29 is 14.6 Å². The molecule has 2 spiro atoms. The van der Waals surface area contributed by atoms with Gasteiger partial charge in [-0.15, -0.1) is 0 Å². The second-order valence-corrected chi connectivity index (χ2v) is 14.4. The first-order chi connectivity index (χ1) is 16.7. The summed E-state index contributed by atoms with van der Waals surface area (Å²) in [7, 11) is 0. The number of aliphatic hydroxyl groups excluding tert-OH is 1. The molecule has 2 heterocycles. The highest BCUT2D eigenvalue weighted by molar-refractivity contribution is 5.88. The number of hydrogen-bond acceptors (Lipinski definition) is 4. The third kappa shape index (κ3) is 6.49. The summed E-state index contributed by atoms with van der Waals surface area (Å²) >= 11 is 0. The largest absolute Gasteiger partial charge is 0.391 e. The third-order valence-electron chi connectivity index (χ3n) is 9.04. The Bertz CT molecular complexity index is 699. The van der Waals surface area contributed by atoms with Gasteiger partial charge >= 0.3 is 0 Å². The number of aliphatic hydroxyl groups is 1. The number of rotatable bonds is 5. The van der Waals surface area contributed by atoms with E-state index in [1.807, 2.05) is 4.90 Å². The molecule has 3 rings (SSSR count). The Kier molecular flexibility index (Phi) is 9.65. The summed E-state index contributed by atoms with van der Waals surface area (Å²) in [6.07, 6.45) is 14.5. The van der Waals surface area contributed by atoms with Gasteiger partial charge in [0.2, 0.25) is 0 Å². The lowest BCUT2D eigenvalue weighted by atomic mass is 9.69. The van der Waals surface area contributed by atoms with Gasteiger partial charge in [-0.25, -0.2) is 0 Å². The van der Waals surface area contributed by atoms with E-state index in [0.717, 1.165) is 25.7 Å². The maximum atomic E-state index is 14.6. The van der Waals surface area contributed by atoms with Crippen molar-refractivity contribution in [1.82, 2.24) is 9.80 Å². The molecule has 2 aliphatic heterocycles. The maximum absolute atomic E-state index is 14.6. The van der Waals surface area contributed by atoms with E-state index in [0.29, 0.717) is 37.8 Å². The van der Waals surface area contributed by atoms with Gasteiger partial charge in [-0.1, -0.05) is 58.8 Å². The lowest BCUT2D eigenvalue weighted by Gasteiger charge is -2.59. The van der Waals surface area contributed by atoms with Crippen LogP contribution in [0.4, 0.5) is 0 Å². The normalized spacial score (nSPS) is 28.0. The molecule has 210 valence electrons. The molecule has 1 aliphatic carbocycles. The Morgan fingerprint density at radius 1 is 0.806 bits per heavy atom. The zero-order valence-corrected chi connectivity index (χ0v) is 25.0. The number of nitrogens with zero attached hydrogens (tertiary/aromatic N) is 2. The number of ether oxygens (including phenoxy) is 1. The van der Waals surface area contributed by atoms with Crippen molar-refractivity contribution in [2.75, 3.05) is 6.54 Å². The number of carbonyl (C=O) groups excluding carboxylic acids is 1. The molecule has 3 fully saturated rings. The average molecular weight is 507 g/mol. The van der Waals surface area contributed by atoms with E-state index in [4.69, 9.17) is 4.74 Å². The molecular formula is C31H58N2O3. The van der Waals surface area contributed by atoms with Crippen LogP contribution in [0, 0.1) is 5.92 Å². The fraction of sp³-hybridized carbons (Fsp3) is 0.968. The molecule has 1 saturated carbocycles. The van der Waals surface area contributed by atoms with Crippen LogP contribution >= 0.6 is 0 Å². The standard InChI is InChI=1S/C31H58N2O3/c1-24(2)20-26(34)21-32-27(35)30(22-28(5,6)33(25(3)4)29(7,8)23-30)36-31(32)18-16-14-12-10-9-11-13-15-17-19-31/h24-26,34H,9-23H2,1-8H3. The lowest BCUT2D eigenvalue weighted by Crippen LogP contribution is -2.69. The zero-order chi connectivity index (χ0) is 26.8. The number of carbonyl (C=O) groups is 1. The van der Waals surface area contributed by atoms with Gasteiger partial charge in [0.1, 0.15) is 5.72 Å². The van der Waals surface area contributed by atoms with Crippen molar-refractivity contribution >= 4 is 5.91 Å². The summed E-state index contributed by atoms with van der Waals surface area (Å²) in [6.45, 7) is 18.4. The molecule has 3 aliphatic rings. The van der Waals surface area contributed by atoms with Crippen LogP contribution in [0.15, 0.2) is 0 Å². The van der Waals surface area contributed by atoms with E-state index in [1.165, 1.54) is 44.9 Å². The minimum Gasteiger partial charge on any atom is -0.391 e. The summed E-state index contributed by atoms with van der Waals surface area (Å²) in [6, 6.07) is 0.392. The molecular weight excluding hydrogens is 448 g/mol. The summed E-state index contributed by atoms with van der Waals surface area (Å²) < 4.78 is 7.29. The molecule has 2 saturated heterocycles. The van der Waals surface area contributed by atoms with Crippen molar-refractivity contribution in [3.63, 3.8) is 0 Å². The molecule has 1 unspecified atom stereocenters. The van der Waals surface area contributed by atoms with Gasteiger partial charge in [-0.05, 0) is 79.6 Å². The minimum absolute atomic E-state index is 0.141. The Morgan fingerprint density at radius 3 is 1.67 bits per heavy atom. The molecule has 0 aromatic carbocycles. The fourth-order valence-corrected chi connectivity index (χ4v) is 8.58. The van der Waals surface area contributed by atoms with E-state index in [2.05, 4.69) is 60.3 Å². The number of hydrogen-bond donors (Lipinski definition) is 1. The summed E-state index contributed by atoms with van der Waals surface area (Å²) in [4.78, 5) is 19.2. The van der Waals surface area contributed by atoms with Crippen molar-refractivity contribution in [1.29, 1.82) is 0 Å². The SMILES string of the molecule is CC(C)CC(O)CN1C(=O)C2(CC(C)(C)N(C(C)C)C(C)(C)C2)OC12CCCCCCCCCCC2. The maximum Gasteiger partial charge on any atom is 0.257 e. The monoisotopic (exact) mass is 506 g/mol. The fourth-order valence-electron chi connectivity index (χ4n) is 8.58. The molecule has 0 radical (unpaired) electrons. The molecule has 1 N–H and O–H groups in total. The highest BCUT2D eigenvalue weighted by Gasteiger charge is 2.66. The number of piperidine rings is 1. The van der Waals surface area contributed by atoms with Gasteiger partial charge in [-0.3, -0.25) is 9.69 Å². The number of β-amino-alcohol motifs (C(OH)–C–C–N with tert-alkyl or cyclic N) is 1. The van der Waals surface area contributed by atoms with Crippen LogP contribution in [-0.4, -0.2) is 61.9 Å². The molecule has 0 aromatic rings. The first kappa shape index (κ1) is 29.9. The number of amides is 1. The Morgan fingerprint density at radius 2 is 1.25 bits per heavy atom. The van der Waals surface area contributed by atoms with Gasteiger partial charge in [0.05, 0.1) is 6.10 Å². The first-order valence-electron chi connectivity index (χ1n) is 15.2. The molecule has 1 amide bonds. The average Bonchev–Trinajstić information content (AvgIpc) is 2.89. The molecule has 0 aromatic heterocycles. The molecule has 1 atom stereocenters. The Labute approximate surface area is 222 Å². The van der Waals surface area contributed by atoms with Crippen LogP contribution in [0.3, 0.4) is 0 Å². The van der Waals surface area contributed by atoms with E-state index in [1.54, 1.807) is 0 Å². The Hall–Kier alpha value is -0.650. The van der Waals surface area contributed by atoms with E-state index in [9.17, 15) is 9.90 Å². The van der Waals surface area contributed by atoms with Crippen molar-refractivity contribution in [2.45, 2.75) is 180 Å². The van der Waals surface area contributed by atoms with E-state index >= 15 is 0 Å². The quantitative estimate of drug-likeness (QED) is 0.434. The van der Waals surface area contributed by atoms with Gasteiger partial charge in [0.15, 0.2) is 5.60 Å². The lowest BCUT2D eigenvalue weighted by molar-refractivity contribution is -0.206. The summed E-state index contributed by atoms with van der Waals surface area (Å²) in [5.74, 6) is 0.536. The molecule has 36 heavy (non-hydrogen) atoms. The van der Waals surface area contributed by atoms with Crippen LogP contribution < -0.4 is 0 Å². The predicted molar refractivity (Wildman–Crippen MR) is 149 cm³/mol. The van der Waals surface area contributed by atoms with Crippen molar-refractivity contribution in [3.05, 3.63) is 0 Å². The van der Waals surface area contributed by atoms with Gasteiger partial charge in [0.25, 0.3) is 5.91 Å². The zero-order valence-electron chi connectivity index (χ0n) is 25.0. The molecule has 5 heteroatoms. The van der Waals surface area contributed by atoms with Crippen molar-refractivity contribution in [3.8, 4) is 0 Å². The van der Waals surface area contributed by atoms with Crippen LogP contribution in [-0.2, 0) is 9.53 Å². The van der Waals surface area contributed by atoms with Crippen LogP contribution in [0.25, 0.3) is 0 Å². The van der Waals surface area contributed by atoms with Crippen molar-refractivity contribution in [2.24, 2.45) is 5.92 Å². The van der Waals surface area contributed by atoms with Gasteiger partial charge < -0.3 is 14.7 Å². The van der Waals surface area contributed by atoms with E-state index < -0.39 is 17.4 Å². The number of likely N-dealkylation sites (tertiary alicyclic amines) is 1. The summed E-state index contributed by atoms with van der Waals surface area (Å²) in [5.41, 5.74) is -1.72. The third-order valence-corrected chi connectivity index (χ3v) is 9.04. The topological polar surface area (TPSA) is 53.0 Å². The van der Waals surface area contributed by atoms with Crippen LogP contribution in [0.2, 0.25) is 0 Å². The van der Waals surface area contributed by atoms with Gasteiger partial charge in [-0.2, -0.15) is 0 Å².